The molecule has 0 atom stereocenters. The van der Waals surface area contributed by atoms with Crippen LogP contribution in [0.1, 0.15) is 5.56 Å². The largest absolute Gasteiger partial charge is 0.272 e. The number of nitrogens with zero attached hydrogens (tertiary/aromatic N) is 1. The first-order valence-corrected chi connectivity index (χ1v) is 6.55. The van der Waals surface area contributed by atoms with Crippen molar-refractivity contribution < 1.29 is 4.79 Å². The maximum absolute atomic E-state index is 11.1. The third-order valence-electron chi connectivity index (χ3n) is 1.66. The number of carbonyl (C=O) groups excluding carboxylic acids is 1. The fraction of sp³-hybridized carbons (Fsp3) is 0.200. The number of hydrogen-bond acceptors (Lipinski definition) is 3. The van der Waals surface area contributed by atoms with E-state index in [2.05, 4.69) is 10.5 Å². The van der Waals surface area contributed by atoms with E-state index in [4.69, 9.17) is 23.2 Å². The minimum atomic E-state index is -0.160. The third-order valence-corrected chi connectivity index (χ3v) is 2.87. The number of amides is 1. The lowest BCUT2D eigenvalue weighted by Crippen LogP contribution is -2.19. The molecule has 86 valence electrons. The summed E-state index contributed by atoms with van der Waals surface area (Å²) in [6.45, 7) is 0. The molecule has 3 nitrogen and oxygen atoms in total. The number of hydrogen-bond donors (Lipinski definition) is 1. The van der Waals surface area contributed by atoms with Crippen LogP contribution in [0, 0.1) is 0 Å². The summed E-state index contributed by atoms with van der Waals surface area (Å²) in [6, 6.07) is 5.16. The molecular formula is C10H10Cl2N2OS. The van der Waals surface area contributed by atoms with Gasteiger partial charge >= 0.3 is 0 Å². The molecule has 0 radical (unpaired) electrons. The van der Waals surface area contributed by atoms with Crippen LogP contribution in [0.3, 0.4) is 0 Å². The summed E-state index contributed by atoms with van der Waals surface area (Å²) < 4.78 is 0. The van der Waals surface area contributed by atoms with Gasteiger partial charge in [-0.2, -0.15) is 16.9 Å². The average molecular weight is 277 g/mol. The Bertz CT molecular complexity index is 390. The van der Waals surface area contributed by atoms with Crippen LogP contribution in [0.2, 0.25) is 10.0 Å². The maximum Gasteiger partial charge on any atom is 0.250 e. The lowest BCUT2D eigenvalue weighted by molar-refractivity contribution is -0.118. The quantitative estimate of drug-likeness (QED) is 0.679. The van der Waals surface area contributed by atoms with Gasteiger partial charge in [0.15, 0.2) is 0 Å². The lowest BCUT2D eigenvalue weighted by Gasteiger charge is -2.00. The zero-order chi connectivity index (χ0) is 12.0. The predicted octanol–water partition coefficient (Wildman–Crippen LogP) is 2.81. The van der Waals surface area contributed by atoms with E-state index in [-0.39, 0.29) is 5.91 Å². The van der Waals surface area contributed by atoms with Crippen molar-refractivity contribution in [3.63, 3.8) is 0 Å². The van der Waals surface area contributed by atoms with Gasteiger partial charge < -0.3 is 0 Å². The molecule has 0 saturated heterocycles. The fourth-order valence-electron chi connectivity index (χ4n) is 0.966. The van der Waals surface area contributed by atoms with Crippen molar-refractivity contribution in [1.82, 2.24) is 5.43 Å². The van der Waals surface area contributed by atoms with Crippen molar-refractivity contribution in [2.75, 3.05) is 12.0 Å². The number of halogens is 2. The number of thioether (sulfide) groups is 1. The highest BCUT2D eigenvalue weighted by Gasteiger charge is 2.02. The minimum Gasteiger partial charge on any atom is -0.272 e. The summed E-state index contributed by atoms with van der Waals surface area (Å²) in [5, 5.41) is 4.77. The Morgan fingerprint density at radius 3 is 2.69 bits per heavy atom. The highest BCUT2D eigenvalue weighted by molar-refractivity contribution is 7.99. The molecule has 0 aliphatic rings. The monoisotopic (exact) mass is 276 g/mol. The summed E-state index contributed by atoms with van der Waals surface area (Å²) in [5.41, 5.74) is 2.97. The number of hydrazone groups is 1. The zero-order valence-electron chi connectivity index (χ0n) is 8.54. The average Bonchev–Trinajstić information content (AvgIpc) is 2.23. The number of carbonyl (C=O) groups is 1. The number of nitrogens with one attached hydrogen (secondary N) is 1. The first-order valence-electron chi connectivity index (χ1n) is 4.40. The van der Waals surface area contributed by atoms with Crippen LogP contribution < -0.4 is 5.43 Å². The molecule has 1 aromatic rings. The molecule has 0 bridgehead atoms. The number of benzene rings is 1. The van der Waals surface area contributed by atoms with Gasteiger partial charge in [0.25, 0.3) is 0 Å². The van der Waals surface area contributed by atoms with E-state index in [1.54, 1.807) is 18.2 Å². The highest BCUT2D eigenvalue weighted by Crippen LogP contribution is 2.21. The van der Waals surface area contributed by atoms with E-state index in [0.717, 1.165) is 0 Å². The van der Waals surface area contributed by atoms with E-state index in [9.17, 15) is 4.79 Å². The first-order chi connectivity index (χ1) is 7.65. The number of rotatable bonds is 4. The van der Waals surface area contributed by atoms with Gasteiger partial charge in [-0.25, -0.2) is 5.43 Å². The Balaban J connectivity index is 2.66. The van der Waals surface area contributed by atoms with Gasteiger partial charge in [-0.1, -0.05) is 29.3 Å². The maximum atomic E-state index is 11.1. The summed E-state index contributed by atoms with van der Waals surface area (Å²) in [4.78, 5) is 11.1. The summed E-state index contributed by atoms with van der Waals surface area (Å²) in [6.07, 6.45) is 3.27. The van der Waals surface area contributed by atoms with E-state index < -0.39 is 0 Å². The standard InChI is InChI=1S/C10H10Cl2N2OS/c1-16-6-10(15)14-13-5-7-8(11)3-2-4-9(7)12/h2-5H,6H2,1H3,(H,14,15). The molecule has 0 aromatic heterocycles. The van der Waals surface area contributed by atoms with Crippen molar-refractivity contribution >= 4 is 47.1 Å². The van der Waals surface area contributed by atoms with Crippen LogP contribution in [-0.2, 0) is 4.79 Å². The molecule has 0 fully saturated rings. The van der Waals surface area contributed by atoms with Crippen LogP contribution in [0.5, 0.6) is 0 Å². The summed E-state index contributed by atoms with van der Waals surface area (Å²) >= 11 is 13.3. The molecule has 0 aliphatic carbocycles. The summed E-state index contributed by atoms with van der Waals surface area (Å²) in [5.74, 6) is 0.208. The highest BCUT2D eigenvalue weighted by atomic mass is 35.5. The van der Waals surface area contributed by atoms with Crippen LogP contribution in [0.25, 0.3) is 0 Å². The van der Waals surface area contributed by atoms with Gasteiger partial charge in [0, 0.05) is 5.56 Å². The van der Waals surface area contributed by atoms with Crippen molar-refractivity contribution in [2.24, 2.45) is 5.10 Å². The molecule has 0 unspecified atom stereocenters. The fourth-order valence-corrected chi connectivity index (χ4v) is 1.79. The molecule has 0 heterocycles. The molecule has 1 amide bonds. The Morgan fingerprint density at radius 2 is 2.12 bits per heavy atom. The van der Waals surface area contributed by atoms with Gasteiger partial charge in [-0.05, 0) is 18.4 Å². The van der Waals surface area contributed by atoms with Gasteiger partial charge in [-0.3, -0.25) is 4.79 Å². The summed E-state index contributed by atoms with van der Waals surface area (Å²) in [7, 11) is 0. The van der Waals surface area contributed by atoms with Crippen LogP contribution >= 0.6 is 35.0 Å². The first kappa shape index (κ1) is 13.4. The molecular weight excluding hydrogens is 267 g/mol. The molecule has 0 aliphatic heterocycles. The van der Waals surface area contributed by atoms with Crippen molar-refractivity contribution in [2.45, 2.75) is 0 Å². The van der Waals surface area contributed by atoms with Crippen LogP contribution in [0.15, 0.2) is 23.3 Å². The molecule has 1 rings (SSSR count). The Kier molecular flexibility index (Phi) is 5.66. The molecule has 1 aromatic carbocycles. The van der Waals surface area contributed by atoms with Gasteiger partial charge in [0.05, 0.1) is 22.0 Å². The zero-order valence-corrected chi connectivity index (χ0v) is 10.9. The Labute approximate surface area is 108 Å². The SMILES string of the molecule is CSCC(=O)NN=Cc1c(Cl)cccc1Cl. The van der Waals surface area contributed by atoms with Gasteiger partial charge in [-0.15, -0.1) is 0 Å². The second-order valence-electron chi connectivity index (χ2n) is 2.86. The molecule has 0 saturated carbocycles. The van der Waals surface area contributed by atoms with Crippen molar-refractivity contribution in [1.29, 1.82) is 0 Å². The third kappa shape index (κ3) is 4.04. The Hall–Kier alpha value is -0.710. The van der Waals surface area contributed by atoms with E-state index in [1.807, 2.05) is 6.26 Å². The second kappa shape index (κ2) is 6.78. The van der Waals surface area contributed by atoms with Gasteiger partial charge in [0.2, 0.25) is 5.91 Å². The van der Waals surface area contributed by atoms with Crippen molar-refractivity contribution in [3.05, 3.63) is 33.8 Å². The lowest BCUT2D eigenvalue weighted by atomic mass is 10.2. The molecule has 0 spiro atoms. The minimum absolute atomic E-state index is 0.160. The van der Waals surface area contributed by atoms with Crippen LogP contribution in [-0.4, -0.2) is 24.1 Å². The van der Waals surface area contributed by atoms with Crippen LogP contribution in [0.4, 0.5) is 0 Å². The smallest absolute Gasteiger partial charge is 0.250 e. The molecule has 16 heavy (non-hydrogen) atoms. The van der Waals surface area contributed by atoms with E-state index >= 15 is 0 Å². The topological polar surface area (TPSA) is 41.5 Å². The predicted molar refractivity (Wildman–Crippen MR) is 70.6 cm³/mol. The Morgan fingerprint density at radius 1 is 1.50 bits per heavy atom. The normalized spacial score (nSPS) is 10.7. The van der Waals surface area contributed by atoms with Crippen molar-refractivity contribution in [3.8, 4) is 0 Å². The van der Waals surface area contributed by atoms with Gasteiger partial charge in [0.1, 0.15) is 0 Å². The molecule has 6 heteroatoms. The van der Waals surface area contributed by atoms with E-state index in [0.29, 0.717) is 21.4 Å². The van der Waals surface area contributed by atoms with E-state index in [1.165, 1.54) is 18.0 Å². The second-order valence-corrected chi connectivity index (χ2v) is 4.54. The molecule has 1 N–H and O–H groups in total.